The van der Waals surface area contributed by atoms with Gasteiger partial charge in [0.05, 0.1) is 39.1 Å². The van der Waals surface area contributed by atoms with E-state index in [1.54, 1.807) is 0 Å². The van der Waals surface area contributed by atoms with Crippen LogP contribution in [0.3, 0.4) is 0 Å². The first-order valence-electron chi connectivity index (χ1n) is 7.52. The zero-order valence-corrected chi connectivity index (χ0v) is 15.2. The van der Waals surface area contributed by atoms with Crippen molar-refractivity contribution in [1.82, 2.24) is 0 Å². The highest BCUT2D eigenvalue weighted by Gasteiger charge is 2.23. The Labute approximate surface area is 150 Å². The molecule has 1 unspecified atom stereocenters. The molecule has 0 amide bonds. The van der Waals surface area contributed by atoms with Crippen LogP contribution < -0.4 is 14.2 Å². The Morgan fingerprint density at radius 2 is 1.65 bits per heavy atom. The number of hydrogen-bond acceptors (Lipinski definition) is 10. The Bertz CT molecular complexity index is 601. The molecule has 0 radical (unpaired) electrons. The molecule has 0 aromatic heterocycles. The summed E-state index contributed by atoms with van der Waals surface area (Å²) in [6.07, 6.45) is -0.784. The highest BCUT2D eigenvalue weighted by Crippen LogP contribution is 2.39. The number of benzene rings is 1. The minimum atomic E-state index is -1.17. The van der Waals surface area contributed by atoms with E-state index in [4.69, 9.17) is 23.7 Å². The maximum atomic E-state index is 12.0. The van der Waals surface area contributed by atoms with Crippen LogP contribution in [0.2, 0.25) is 0 Å². The molecule has 1 rings (SSSR count). The maximum Gasteiger partial charge on any atom is 0.543 e. The van der Waals surface area contributed by atoms with E-state index in [-0.39, 0.29) is 29.8 Å². The van der Waals surface area contributed by atoms with Gasteiger partial charge in [0.15, 0.2) is 11.5 Å². The molecule has 0 saturated heterocycles. The van der Waals surface area contributed by atoms with E-state index in [1.807, 2.05) is 6.92 Å². The van der Waals surface area contributed by atoms with Crippen molar-refractivity contribution in [3.63, 3.8) is 0 Å². The largest absolute Gasteiger partial charge is 0.543 e. The van der Waals surface area contributed by atoms with Crippen molar-refractivity contribution in [3.05, 3.63) is 17.7 Å². The quantitative estimate of drug-likeness (QED) is 0.344. The fraction of sp³-hybridized carbons (Fsp3) is 0.500. The van der Waals surface area contributed by atoms with Gasteiger partial charge in [-0.1, -0.05) is 0 Å². The van der Waals surface area contributed by atoms with Gasteiger partial charge < -0.3 is 23.7 Å². The highest BCUT2D eigenvalue weighted by atomic mass is 17.5. The molecule has 0 aliphatic heterocycles. The predicted molar refractivity (Wildman–Crippen MR) is 86.1 cm³/mol. The number of ether oxygens (including phenoxy) is 5. The molecule has 0 saturated carbocycles. The molecule has 1 aromatic rings. The van der Waals surface area contributed by atoms with E-state index in [0.29, 0.717) is 12.2 Å². The topological polar surface area (TPSA) is 108 Å². The second-order valence-electron chi connectivity index (χ2n) is 4.84. The summed E-state index contributed by atoms with van der Waals surface area (Å²) in [5, 5.41) is 4.14. The summed E-state index contributed by atoms with van der Waals surface area (Å²) in [7, 11) is 5.69. The lowest BCUT2D eigenvalue weighted by molar-refractivity contribution is -0.452. The summed E-state index contributed by atoms with van der Waals surface area (Å²) >= 11 is 0. The van der Waals surface area contributed by atoms with Crippen LogP contribution >= 0.6 is 0 Å². The van der Waals surface area contributed by atoms with Gasteiger partial charge >= 0.3 is 12.1 Å². The first-order chi connectivity index (χ1) is 12.5. The molecule has 0 bridgehead atoms. The lowest BCUT2D eigenvalue weighted by atomic mass is 10.1. The van der Waals surface area contributed by atoms with Crippen LogP contribution in [-0.2, 0) is 24.3 Å². The minimum absolute atomic E-state index is 0.0314. The number of rotatable bonds is 10. The predicted octanol–water partition coefficient (Wildman–Crippen LogP) is 2.29. The Kier molecular flexibility index (Phi) is 9.02. The molecular weight excluding hydrogens is 352 g/mol. The van der Waals surface area contributed by atoms with Crippen molar-refractivity contribution in [2.45, 2.75) is 19.4 Å². The minimum Gasteiger partial charge on any atom is -0.493 e. The smallest absolute Gasteiger partial charge is 0.493 e. The molecule has 1 atom stereocenters. The van der Waals surface area contributed by atoms with Crippen molar-refractivity contribution < 1.29 is 48.1 Å². The third-order valence-electron chi connectivity index (χ3n) is 3.28. The van der Waals surface area contributed by atoms with Crippen molar-refractivity contribution >= 4 is 12.1 Å². The molecular formula is C16H22O10. The van der Waals surface area contributed by atoms with Gasteiger partial charge in [0.25, 0.3) is 0 Å². The molecule has 0 fully saturated rings. The van der Waals surface area contributed by atoms with E-state index >= 15 is 0 Å². The summed E-state index contributed by atoms with van der Waals surface area (Å²) in [4.78, 5) is 31.9. The maximum absolute atomic E-state index is 12.0. The standard InChI is InChI=1S/C16H22O10/c1-10(19-2)8-9-23-16(18)25-26-24-15(17)11-6-7-12(20-3)14(22-5)13(11)21-4/h6-7,10H,8-9H2,1-5H3. The van der Waals surface area contributed by atoms with Crippen LogP contribution in [0.1, 0.15) is 23.7 Å². The molecule has 10 heteroatoms. The first kappa shape index (κ1) is 21.3. The number of hydrogen-bond donors (Lipinski definition) is 0. The van der Waals surface area contributed by atoms with Crippen LogP contribution in [0, 0.1) is 0 Å². The third-order valence-corrected chi connectivity index (χ3v) is 3.28. The van der Waals surface area contributed by atoms with Gasteiger partial charge in [0.2, 0.25) is 5.75 Å². The first-order valence-corrected chi connectivity index (χ1v) is 7.52. The van der Waals surface area contributed by atoms with Gasteiger partial charge in [-0.05, 0) is 19.1 Å². The van der Waals surface area contributed by atoms with Gasteiger partial charge in [-0.25, -0.2) is 14.5 Å². The van der Waals surface area contributed by atoms with E-state index < -0.39 is 12.1 Å². The van der Waals surface area contributed by atoms with Crippen molar-refractivity contribution in [2.75, 3.05) is 35.0 Å². The summed E-state index contributed by atoms with van der Waals surface area (Å²) < 4.78 is 25.1. The fourth-order valence-electron chi connectivity index (χ4n) is 1.83. The summed E-state index contributed by atoms with van der Waals surface area (Å²) in [6, 6.07) is 2.85. The molecule has 146 valence electrons. The van der Waals surface area contributed by atoms with Crippen LogP contribution in [0.5, 0.6) is 17.2 Å². The average Bonchev–Trinajstić information content (AvgIpc) is 2.66. The Hall–Kier alpha value is -2.72. The van der Waals surface area contributed by atoms with Crippen molar-refractivity contribution in [3.8, 4) is 17.2 Å². The van der Waals surface area contributed by atoms with Gasteiger partial charge in [-0.15, -0.1) is 0 Å². The molecule has 26 heavy (non-hydrogen) atoms. The van der Waals surface area contributed by atoms with E-state index in [2.05, 4.69) is 14.8 Å². The Morgan fingerprint density at radius 1 is 0.962 bits per heavy atom. The van der Waals surface area contributed by atoms with E-state index in [0.717, 1.165) is 0 Å². The molecule has 0 spiro atoms. The Balaban J connectivity index is 2.57. The van der Waals surface area contributed by atoms with Gasteiger partial charge in [-0.3, -0.25) is 4.89 Å². The summed E-state index contributed by atoms with van der Waals surface area (Å²) in [5.41, 5.74) is -0.0314. The number of carbonyl (C=O) groups is 2. The van der Waals surface area contributed by atoms with Crippen molar-refractivity contribution in [2.24, 2.45) is 0 Å². The normalized spacial score (nSPS) is 11.3. The lowest BCUT2D eigenvalue weighted by Crippen LogP contribution is -2.15. The molecule has 1 aromatic carbocycles. The van der Waals surface area contributed by atoms with Crippen LogP contribution in [0.4, 0.5) is 4.79 Å². The zero-order valence-electron chi connectivity index (χ0n) is 15.2. The number of methoxy groups -OCH3 is 4. The monoisotopic (exact) mass is 374 g/mol. The van der Waals surface area contributed by atoms with E-state index in [1.165, 1.54) is 40.6 Å². The molecule has 0 aliphatic carbocycles. The van der Waals surface area contributed by atoms with Gasteiger partial charge in [0.1, 0.15) is 5.56 Å². The summed E-state index contributed by atoms with van der Waals surface area (Å²) in [5.74, 6) is -0.371. The van der Waals surface area contributed by atoms with Crippen LogP contribution in [0.25, 0.3) is 0 Å². The highest BCUT2D eigenvalue weighted by molar-refractivity contribution is 5.93. The molecule has 0 heterocycles. The second kappa shape index (κ2) is 11.0. The Morgan fingerprint density at radius 3 is 2.23 bits per heavy atom. The SMILES string of the molecule is COc1ccc(C(=O)OOOC(=O)OCCC(C)OC)c(OC)c1OC. The summed E-state index contributed by atoms with van der Waals surface area (Å²) in [6.45, 7) is 1.86. The van der Waals surface area contributed by atoms with E-state index in [9.17, 15) is 9.59 Å². The molecule has 10 nitrogen and oxygen atoms in total. The van der Waals surface area contributed by atoms with Crippen LogP contribution in [-0.4, -0.2) is 53.3 Å². The second-order valence-corrected chi connectivity index (χ2v) is 4.84. The van der Waals surface area contributed by atoms with Crippen molar-refractivity contribution in [1.29, 1.82) is 0 Å². The van der Waals surface area contributed by atoms with Gasteiger partial charge in [-0.2, -0.15) is 0 Å². The third kappa shape index (κ3) is 5.97. The molecule has 0 N–H and O–H groups in total. The molecule has 0 aliphatic rings. The van der Waals surface area contributed by atoms with Gasteiger partial charge in [0, 0.05) is 13.5 Å². The lowest BCUT2D eigenvalue weighted by Gasteiger charge is -2.14. The average molecular weight is 374 g/mol. The van der Waals surface area contributed by atoms with Crippen LogP contribution in [0.15, 0.2) is 12.1 Å². The number of carbonyl (C=O) groups excluding carboxylic acids is 2. The fourth-order valence-corrected chi connectivity index (χ4v) is 1.83. The zero-order chi connectivity index (χ0) is 19.5.